The number of nitrogens with one attached hydrogen (secondary N) is 2. The number of hydrogen-bond acceptors (Lipinski definition) is 4. The van der Waals surface area contributed by atoms with Crippen LogP contribution in [0.5, 0.6) is 0 Å². The van der Waals surface area contributed by atoms with Crippen molar-refractivity contribution in [3.05, 3.63) is 35.4 Å². The lowest BCUT2D eigenvalue weighted by Crippen LogP contribution is -2.38. The van der Waals surface area contributed by atoms with Crippen molar-refractivity contribution in [2.24, 2.45) is 10.7 Å². The van der Waals surface area contributed by atoms with Crippen LogP contribution >= 0.6 is 0 Å². The summed E-state index contributed by atoms with van der Waals surface area (Å²) in [5.74, 6) is 0.319. The number of aliphatic imine (C=N–C) groups is 1. The van der Waals surface area contributed by atoms with Crippen LogP contribution in [-0.4, -0.2) is 50.9 Å². The molecule has 25 heavy (non-hydrogen) atoms. The van der Waals surface area contributed by atoms with Gasteiger partial charge >= 0.3 is 0 Å². The second-order valence-electron chi connectivity index (χ2n) is 5.90. The highest BCUT2D eigenvalue weighted by atomic mass is 16.5. The van der Waals surface area contributed by atoms with Crippen LogP contribution in [0.2, 0.25) is 0 Å². The van der Waals surface area contributed by atoms with Crippen molar-refractivity contribution in [1.82, 2.24) is 10.6 Å². The zero-order valence-corrected chi connectivity index (χ0v) is 14.8. The molecule has 0 aromatic heterocycles. The summed E-state index contributed by atoms with van der Waals surface area (Å²) in [4.78, 5) is 15.8. The van der Waals surface area contributed by atoms with E-state index in [0.717, 1.165) is 44.1 Å². The van der Waals surface area contributed by atoms with Gasteiger partial charge in [0.1, 0.15) is 0 Å². The molecular weight excluding hydrogens is 320 g/mol. The normalized spacial score (nSPS) is 17.5. The first-order valence-corrected chi connectivity index (χ1v) is 8.79. The zero-order chi connectivity index (χ0) is 17.9. The molecule has 0 spiro atoms. The first-order chi connectivity index (χ1) is 12.2. The summed E-state index contributed by atoms with van der Waals surface area (Å²) in [7, 11) is 0. The smallest absolute Gasteiger partial charge is 0.248 e. The number of primary amides is 1. The molecule has 0 saturated carbocycles. The summed E-state index contributed by atoms with van der Waals surface area (Å²) < 4.78 is 11.0. The summed E-state index contributed by atoms with van der Waals surface area (Å²) in [6, 6.07) is 7.22. The maximum atomic E-state index is 11.2. The number of amides is 1. The van der Waals surface area contributed by atoms with E-state index in [4.69, 9.17) is 15.2 Å². The fourth-order valence-electron chi connectivity index (χ4n) is 2.51. The van der Waals surface area contributed by atoms with Gasteiger partial charge in [0.25, 0.3) is 0 Å². The van der Waals surface area contributed by atoms with E-state index >= 15 is 0 Å². The van der Waals surface area contributed by atoms with Gasteiger partial charge in [0, 0.05) is 31.9 Å². The van der Waals surface area contributed by atoms with E-state index in [1.165, 1.54) is 0 Å². The Bertz CT molecular complexity index is 571. The van der Waals surface area contributed by atoms with Crippen molar-refractivity contribution in [3.63, 3.8) is 0 Å². The predicted octanol–water partition coefficient (Wildman–Crippen LogP) is 1.04. The molecule has 1 amide bonds. The van der Waals surface area contributed by atoms with Gasteiger partial charge in [-0.1, -0.05) is 12.1 Å². The Morgan fingerprint density at radius 1 is 1.44 bits per heavy atom. The Labute approximate surface area is 149 Å². The highest BCUT2D eigenvalue weighted by Crippen LogP contribution is 2.08. The Kier molecular flexibility index (Phi) is 8.21. The Balaban J connectivity index is 1.75. The number of nitrogens with zero attached hydrogens (tertiary/aromatic N) is 1. The van der Waals surface area contributed by atoms with Gasteiger partial charge in [-0.25, -0.2) is 4.99 Å². The van der Waals surface area contributed by atoms with E-state index in [1.54, 1.807) is 12.1 Å². The lowest BCUT2D eigenvalue weighted by Gasteiger charge is -2.13. The summed E-state index contributed by atoms with van der Waals surface area (Å²) >= 11 is 0. The van der Waals surface area contributed by atoms with Crippen molar-refractivity contribution in [2.45, 2.75) is 32.4 Å². The standard InChI is InChI=1S/C18H28N4O3/c1-2-20-18(21-8-4-9-25-16-7-10-24-13-16)22-12-14-5-3-6-15(11-14)17(19)23/h3,5-6,11,16H,2,4,7-10,12-13H2,1H3,(H2,19,23)(H2,20,21,22). The molecule has 1 aliphatic rings. The number of carbonyl (C=O) groups excluding carboxylic acids is 1. The second kappa shape index (κ2) is 10.7. The molecule has 0 bridgehead atoms. The third kappa shape index (κ3) is 7.11. The Hall–Kier alpha value is -2.12. The number of rotatable bonds is 9. The number of benzene rings is 1. The van der Waals surface area contributed by atoms with Crippen LogP contribution in [0.3, 0.4) is 0 Å². The number of guanidine groups is 1. The van der Waals surface area contributed by atoms with Gasteiger partial charge in [0.05, 0.1) is 19.3 Å². The van der Waals surface area contributed by atoms with Crippen molar-refractivity contribution in [3.8, 4) is 0 Å². The van der Waals surface area contributed by atoms with Gasteiger partial charge < -0.3 is 25.8 Å². The van der Waals surface area contributed by atoms with Gasteiger partial charge in [-0.3, -0.25) is 4.79 Å². The molecule has 1 saturated heterocycles. The summed E-state index contributed by atoms with van der Waals surface area (Å²) in [5.41, 5.74) is 6.75. The van der Waals surface area contributed by atoms with Gasteiger partial charge in [0.2, 0.25) is 5.91 Å². The van der Waals surface area contributed by atoms with Crippen molar-refractivity contribution >= 4 is 11.9 Å². The molecule has 4 N–H and O–H groups in total. The van der Waals surface area contributed by atoms with Gasteiger partial charge in [-0.2, -0.15) is 0 Å². The van der Waals surface area contributed by atoms with Crippen LogP contribution in [0.1, 0.15) is 35.7 Å². The molecule has 0 aliphatic carbocycles. The van der Waals surface area contributed by atoms with Crippen LogP contribution in [0.15, 0.2) is 29.3 Å². The molecule has 7 heteroatoms. The molecule has 2 rings (SSSR count). The van der Waals surface area contributed by atoms with Crippen LogP contribution in [0.4, 0.5) is 0 Å². The van der Waals surface area contributed by atoms with Crippen molar-refractivity contribution in [1.29, 1.82) is 0 Å². The molecule has 138 valence electrons. The summed E-state index contributed by atoms with van der Waals surface area (Å²) in [6.07, 6.45) is 2.14. The lowest BCUT2D eigenvalue weighted by molar-refractivity contribution is 0.0420. The van der Waals surface area contributed by atoms with Crippen molar-refractivity contribution in [2.75, 3.05) is 32.9 Å². The number of nitrogens with two attached hydrogens (primary N) is 1. The first kappa shape index (κ1) is 19.2. The lowest BCUT2D eigenvalue weighted by atomic mass is 10.1. The van der Waals surface area contributed by atoms with Crippen molar-refractivity contribution < 1.29 is 14.3 Å². The van der Waals surface area contributed by atoms with Gasteiger partial charge in [-0.05, 0) is 37.5 Å². The van der Waals surface area contributed by atoms with E-state index in [2.05, 4.69) is 15.6 Å². The first-order valence-electron chi connectivity index (χ1n) is 8.79. The second-order valence-corrected chi connectivity index (χ2v) is 5.90. The molecule has 1 aromatic carbocycles. The molecule has 7 nitrogen and oxygen atoms in total. The van der Waals surface area contributed by atoms with Gasteiger partial charge in [0.15, 0.2) is 5.96 Å². The molecule has 1 fully saturated rings. The zero-order valence-electron chi connectivity index (χ0n) is 14.8. The molecule has 0 radical (unpaired) electrons. The molecule has 1 atom stereocenters. The average molecular weight is 348 g/mol. The summed E-state index contributed by atoms with van der Waals surface area (Å²) in [5, 5.41) is 6.50. The fraction of sp³-hybridized carbons (Fsp3) is 0.556. The number of carbonyl (C=O) groups is 1. The third-order valence-electron chi connectivity index (χ3n) is 3.83. The molecule has 1 aliphatic heterocycles. The molecular formula is C18H28N4O3. The largest absolute Gasteiger partial charge is 0.379 e. The minimum Gasteiger partial charge on any atom is -0.379 e. The van der Waals surface area contributed by atoms with Crippen LogP contribution in [0.25, 0.3) is 0 Å². The van der Waals surface area contributed by atoms with Crippen LogP contribution < -0.4 is 16.4 Å². The predicted molar refractivity (Wildman–Crippen MR) is 97.6 cm³/mol. The summed E-state index contributed by atoms with van der Waals surface area (Å²) in [6.45, 7) is 6.28. The Morgan fingerprint density at radius 3 is 3.04 bits per heavy atom. The maximum absolute atomic E-state index is 11.2. The quantitative estimate of drug-likeness (QED) is 0.352. The third-order valence-corrected chi connectivity index (χ3v) is 3.83. The van der Waals surface area contributed by atoms with E-state index in [1.807, 2.05) is 19.1 Å². The molecule has 1 aromatic rings. The topological polar surface area (TPSA) is 98.0 Å². The highest BCUT2D eigenvalue weighted by molar-refractivity contribution is 5.92. The van der Waals surface area contributed by atoms with Gasteiger partial charge in [-0.15, -0.1) is 0 Å². The maximum Gasteiger partial charge on any atom is 0.248 e. The fourth-order valence-corrected chi connectivity index (χ4v) is 2.51. The minimum absolute atomic E-state index is 0.249. The average Bonchev–Trinajstić information content (AvgIpc) is 3.13. The highest BCUT2D eigenvalue weighted by Gasteiger charge is 2.15. The van der Waals surface area contributed by atoms with E-state index in [9.17, 15) is 4.79 Å². The monoisotopic (exact) mass is 348 g/mol. The van der Waals surface area contributed by atoms with Crippen LogP contribution in [-0.2, 0) is 16.0 Å². The van der Waals surface area contributed by atoms with E-state index < -0.39 is 5.91 Å². The Morgan fingerprint density at radius 2 is 2.32 bits per heavy atom. The molecule has 1 unspecified atom stereocenters. The minimum atomic E-state index is -0.427. The number of hydrogen-bond donors (Lipinski definition) is 3. The SMILES string of the molecule is CCNC(=NCc1cccc(C(N)=O)c1)NCCCOC1CCOC1. The number of ether oxygens (including phenoxy) is 2. The van der Waals surface area contributed by atoms with E-state index in [-0.39, 0.29) is 6.10 Å². The van der Waals surface area contributed by atoms with E-state index in [0.29, 0.717) is 25.3 Å². The molecule has 1 heterocycles. The van der Waals surface area contributed by atoms with Crippen LogP contribution in [0, 0.1) is 0 Å².